The van der Waals surface area contributed by atoms with Crippen LogP contribution in [0.2, 0.25) is 0 Å². The molecule has 0 unspecified atom stereocenters. The van der Waals surface area contributed by atoms with Gasteiger partial charge in [-0.1, -0.05) is 164 Å². The van der Waals surface area contributed by atoms with E-state index in [1.165, 1.54) is 27.8 Å². The molecule has 4 heteroatoms. The van der Waals surface area contributed by atoms with Gasteiger partial charge in [0.05, 0.1) is 22.1 Å². The van der Waals surface area contributed by atoms with Crippen molar-refractivity contribution in [3.05, 3.63) is 204 Å². The predicted octanol–water partition coefficient (Wildman–Crippen LogP) is 14.2. The van der Waals surface area contributed by atoms with Gasteiger partial charge in [-0.15, -0.1) is 0 Å². The second kappa shape index (κ2) is 14.8. The number of rotatable bonds is 8. The summed E-state index contributed by atoms with van der Waals surface area (Å²) >= 11 is 0. The number of pyridine rings is 1. The van der Waals surface area contributed by atoms with E-state index in [0.717, 1.165) is 49.9 Å². The monoisotopic (exact) mass is 781 g/mol. The minimum absolute atomic E-state index is 0.0111. The van der Waals surface area contributed by atoms with Crippen LogP contribution in [0.5, 0.6) is 5.75 Å². The van der Waals surface area contributed by atoms with Crippen molar-refractivity contribution in [1.82, 2.24) is 14.5 Å². The molecule has 7 aromatic carbocycles. The Morgan fingerprint density at radius 3 is 1.67 bits per heavy atom. The number of benzene rings is 7. The van der Waals surface area contributed by atoms with E-state index >= 15 is 0 Å². The van der Waals surface area contributed by atoms with Gasteiger partial charge in [-0.05, 0) is 99.0 Å². The van der Waals surface area contributed by atoms with E-state index in [2.05, 4.69) is 193 Å². The Kier molecular flexibility index (Phi) is 9.55. The Balaban J connectivity index is 1.32. The molecule has 0 aliphatic carbocycles. The van der Waals surface area contributed by atoms with Crippen LogP contribution < -0.4 is 0 Å². The summed E-state index contributed by atoms with van der Waals surface area (Å²) in [6, 6.07) is 60.1. The normalized spacial score (nSPS) is 12.3. The maximum absolute atomic E-state index is 11.3. The molecule has 0 amide bonds. The molecule has 0 radical (unpaired) electrons. The van der Waals surface area contributed by atoms with E-state index in [9.17, 15) is 5.11 Å². The van der Waals surface area contributed by atoms with Crippen LogP contribution in [0.15, 0.2) is 176 Å². The average molecular weight is 782 g/mol. The van der Waals surface area contributed by atoms with E-state index in [4.69, 9.17) is 9.97 Å². The number of phenolic OH excluding ortho intramolecular Hbond substituents is 1. The standard InChI is InChI=1S/C56H51N3O/c1-54(2,3)40-27-29-45(30-28-40)59-49-25-16-24-46(52(49)58-53(59)47-23-14-15-26-50(47)60)38-32-39(35-43(34-38)55(4,5)41-19-10-8-11-20-41)48-36-44(33-37-18-17-31-57-51(37)48)56(6,7)42-21-12-9-13-22-42/h8-36,60H,1-7H3. The molecule has 0 saturated heterocycles. The van der Waals surface area contributed by atoms with Crippen molar-refractivity contribution >= 4 is 21.9 Å². The number of aromatic nitrogens is 3. The molecule has 1 N–H and O–H groups in total. The summed E-state index contributed by atoms with van der Waals surface area (Å²) < 4.78 is 2.19. The molecule has 2 heterocycles. The number of imidazole rings is 1. The van der Waals surface area contributed by atoms with Gasteiger partial charge >= 0.3 is 0 Å². The van der Waals surface area contributed by atoms with Crippen molar-refractivity contribution < 1.29 is 5.11 Å². The molecule has 0 fully saturated rings. The van der Waals surface area contributed by atoms with Gasteiger partial charge in [0, 0.05) is 39.2 Å². The lowest BCUT2D eigenvalue weighted by Gasteiger charge is -2.29. The second-order valence-corrected chi connectivity index (χ2v) is 18.1. The molecular weight excluding hydrogens is 731 g/mol. The lowest BCUT2D eigenvalue weighted by molar-refractivity contribution is 0.477. The Morgan fingerprint density at radius 2 is 1.03 bits per heavy atom. The van der Waals surface area contributed by atoms with Crippen LogP contribution in [-0.2, 0) is 16.2 Å². The Morgan fingerprint density at radius 1 is 0.450 bits per heavy atom. The van der Waals surface area contributed by atoms with Crippen molar-refractivity contribution in [3.63, 3.8) is 0 Å². The maximum atomic E-state index is 11.3. The highest BCUT2D eigenvalue weighted by atomic mass is 16.3. The quantitative estimate of drug-likeness (QED) is 0.167. The van der Waals surface area contributed by atoms with Gasteiger partial charge in [0.2, 0.25) is 0 Å². The molecule has 0 aliphatic heterocycles. The summed E-state index contributed by atoms with van der Waals surface area (Å²) in [4.78, 5) is 10.5. The molecule has 4 nitrogen and oxygen atoms in total. The van der Waals surface area contributed by atoms with Crippen LogP contribution in [0.1, 0.15) is 76.3 Å². The smallest absolute Gasteiger partial charge is 0.149 e. The number of nitrogens with zero attached hydrogens (tertiary/aromatic N) is 3. The molecule has 0 aliphatic rings. The van der Waals surface area contributed by atoms with Crippen LogP contribution in [0.25, 0.3) is 61.3 Å². The highest BCUT2D eigenvalue weighted by Crippen LogP contribution is 2.44. The molecule has 9 aromatic rings. The maximum Gasteiger partial charge on any atom is 0.149 e. The third kappa shape index (κ3) is 6.86. The first-order valence-corrected chi connectivity index (χ1v) is 20.9. The van der Waals surface area contributed by atoms with Crippen molar-refractivity contribution in [3.8, 4) is 45.1 Å². The van der Waals surface area contributed by atoms with Crippen molar-refractivity contribution in [2.75, 3.05) is 0 Å². The summed E-state index contributed by atoms with van der Waals surface area (Å²) in [6.07, 6.45) is 1.90. The number of fused-ring (bicyclic) bond motifs is 2. The molecule has 60 heavy (non-hydrogen) atoms. The summed E-state index contributed by atoms with van der Waals surface area (Å²) in [5.74, 6) is 0.875. The van der Waals surface area contributed by atoms with E-state index in [-0.39, 0.29) is 22.0 Å². The minimum atomic E-state index is -0.334. The number of hydrogen-bond acceptors (Lipinski definition) is 3. The van der Waals surface area contributed by atoms with Crippen molar-refractivity contribution in [1.29, 1.82) is 0 Å². The SMILES string of the molecule is CC(C)(C)c1ccc(-n2c(-c3ccccc3O)nc3c(-c4cc(-c5cc(C(C)(C)c6ccccc6)cc6cccnc56)cc(C(C)(C)c5ccccc5)c4)cccc32)cc1. The molecule has 9 rings (SSSR count). The lowest BCUT2D eigenvalue weighted by Crippen LogP contribution is -2.19. The highest BCUT2D eigenvalue weighted by molar-refractivity contribution is 5.99. The van der Waals surface area contributed by atoms with Gasteiger partial charge < -0.3 is 5.11 Å². The Labute approximate surface area is 353 Å². The minimum Gasteiger partial charge on any atom is -0.507 e. The zero-order valence-electron chi connectivity index (χ0n) is 35.5. The van der Waals surface area contributed by atoms with Crippen LogP contribution in [-0.4, -0.2) is 19.6 Å². The zero-order chi connectivity index (χ0) is 41.8. The van der Waals surface area contributed by atoms with Crippen LogP contribution >= 0.6 is 0 Å². The summed E-state index contributed by atoms with van der Waals surface area (Å²) in [7, 11) is 0. The summed E-state index contributed by atoms with van der Waals surface area (Å²) in [5.41, 5.74) is 14.3. The number of para-hydroxylation sites is 2. The number of aromatic hydroxyl groups is 1. The van der Waals surface area contributed by atoms with E-state index < -0.39 is 0 Å². The highest BCUT2D eigenvalue weighted by Gasteiger charge is 2.28. The topological polar surface area (TPSA) is 50.9 Å². The van der Waals surface area contributed by atoms with Gasteiger partial charge in [0.15, 0.2) is 0 Å². The van der Waals surface area contributed by atoms with Gasteiger partial charge in [-0.25, -0.2) is 4.98 Å². The van der Waals surface area contributed by atoms with Gasteiger partial charge in [-0.3, -0.25) is 9.55 Å². The molecule has 0 spiro atoms. The van der Waals surface area contributed by atoms with Crippen molar-refractivity contribution in [2.45, 2.75) is 64.7 Å². The van der Waals surface area contributed by atoms with Crippen LogP contribution in [0.4, 0.5) is 0 Å². The van der Waals surface area contributed by atoms with Gasteiger partial charge in [-0.2, -0.15) is 0 Å². The first-order chi connectivity index (χ1) is 28.8. The fourth-order valence-corrected chi connectivity index (χ4v) is 8.66. The summed E-state index contributed by atoms with van der Waals surface area (Å²) in [6.45, 7) is 15.9. The van der Waals surface area contributed by atoms with E-state index in [1.54, 1.807) is 6.07 Å². The van der Waals surface area contributed by atoms with Gasteiger partial charge in [0.1, 0.15) is 11.6 Å². The average Bonchev–Trinajstić information content (AvgIpc) is 3.66. The first-order valence-electron chi connectivity index (χ1n) is 20.9. The fraction of sp³-hybridized carbons (Fsp3) is 0.179. The Hall–Kier alpha value is -6.78. The van der Waals surface area contributed by atoms with E-state index in [0.29, 0.717) is 11.4 Å². The van der Waals surface area contributed by atoms with Gasteiger partial charge in [0.25, 0.3) is 0 Å². The fourth-order valence-electron chi connectivity index (χ4n) is 8.66. The third-order valence-corrected chi connectivity index (χ3v) is 12.5. The zero-order valence-corrected chi connectivity index (χ0v) is 35.5. The third-order valence-electron chi connectivity index (χ3n) is 12.5. The first kappa shape index (κ1) is 38.7. The molecule has 0 bridgehead atoms. The largest absolute Gasteiger partial charge is 0.507 e. The van der Waals surface area contributed by atoms with E-state index in [1.807, 2.05) is 30.5 Å². The number of phenols is 1. The molecule has 296 valence electrons. The lowest BCUT2D eigenvalue weighted by atomic mass is 9.75. The second-order valence-electron chi connectivity index (χ2n) is 18.1. The molecular formula is C56H51N3O. The Bertz CT molecular complexity index is 3010. The van der Waals surface area contributed by atoms with Crippen LogP contribution in [0.3, 0.4) is 0 Å². The number of hydrogen-bond donors (Lipinski definition) is 1. The molecule has 2 aromatic heterocycles. The van der Waals surface area contributed by atoms with Crippen LogP contribution in [0, 0.1) is 0 Å². The predicted molar refractivity (Wildman–Crippen MR) is 250 cm³/mol. The summed E-state index contributed by atoms with van der Waals surface area (Å²) in [5, 5.41) is 12.4. The molecule has 0 atom stereocenters. The van der Waals surface area contributed by atoms with Crippen molar-refractivity contribution in [2.24, 2.45) is 0 Å². The molecule has 0 saturated carbocycles.